The molecule has 0 fully saturated rings. The number of imidazole rings is 1. The van der Waals surface area contributed by atoms with Crippen LogP contribution in [0.25, 0.3) is 5.82 Å². The van der Waals surface area contributed by atoms with E-state index < -0.39 is 0 Å². The predicted octanol–water partition coefficient (Wildman–Crippen LogP) is 2.32. The first-order chi connectivity index (χ1) is 10.8. The first kappa shape index (κ1) is 14.3. The second kappa shape index (κ2) is 6.44. The quantitative estimate of drug-likeness (QED) is 0.781. The van der Waals surface area contributed by atoms with Crippen molar-refractivity contribution in [1.29, 1.82) is 0 Å². The molecule has 8 heteroatoms. The van der Waals surface area contributed by atoms with Gasteiger partial charge in [0.15, 0.2) is 0 Å². The van der Waals surface area contributed by atoms with Gasteiger partial charge in [0.2, 0.25) is 0 Å². The van der Waals surface area contributed by atoms with Crippen molar-refractivity contribution < 1.29 is 4.79 Å². The minimum atomic E-state index is -0.198. The topological polar surface area (TPSA) is 85.6 Å². The summed E-state index contributed by atoms with van der Waals surface area (Å²) in [6, 6.07) is 3.61. The minimum absolute atomic E-state index is 0.198. The summed E-state index contributed by atoms with van der Waals surface area (Å²) in [4.78, 5) is 21.1. The number of carbonyl (C=O) groups excluding carboxylic acids is 1. The van der Waals surface area contributed by atoms with Crippen molar-refractivity contribution >= 4 is 23.1 Å². The number of hydrogen-bond donors (Lipinski definition) is 1. The fourth-order valence-electron chi connectivity index (χ4n) is 1.98. The fraction of sp³-hybridized carbons (Fsp3) is 0.214. The number of carbonyl (C=O) groups is 1. The van der Waals surface area contributed by atoms with Gasteiger partial charge in [0, 0.05) is 12.4 Å². The van der Waals surface area contributed by atoms with Gasteiger partial charge in [0.05, 0.1) is 17.6 Å². The normalized spacial score (nSPS) is 10.6. The first-order valence-corrected chi connectivity index (χ1v) is 7.62. The monoisotopic (exact) mass is 314 g/mol. The predicted molar refractivity (Wildman–Crippen MR) is 83.2 cm³/mol. The average molecular weight is 314 g/mol. The summed E-state index contributed by atoms with van der Waals surface area (Å²) in [6.45, 7) is 2.04. The Labute approximate surface area is 131 Å². The van der Waals surface area contributed by atoms with Crippen LogP contribution in [0.4, 0.5) is 5.69 Å². The zero-order chi connectivity index (χ0) is 15.4. The second-order valence-corrected chi connectivity index (χ2v) is 5.38. The summed E-state index contributed by atoms with van der Waals surface area (Å²) in [5.41, 5.74) is 1.37. The fourth-order valence-corrected chi connectivity index (χ4v) is 2.58. The van der Waals surface area contributed by atoms with Gasteiger partial charge in [-0.2, -0.15) is 0 Å². The number of hydrogen-bond acceptors (Lipinski definition) is 6. The van der Waals surface area contributed by atoms with Gasteiger partial charge in [0.1, 0.15) is 17.0 Å². The molecule has 0 saturated heterocycles. The van der Waals surface area contributed by atoms with Crippen LogP contribution >= 0.6 is 11.5 Å². The number of aryl methyl sites for hydroxylation is 1. The largest absolute Gasteiger partial charge is 0.320 e. The van der Waals surface area contributed by atoms with Crippen LogP contribution in [0.3, 0.4) is 0 Å². The summed E-state index contributed by atoms with van der Waals surface area (Å²) in [6.07, 6.45) is 8.44. The van der Waals surface area contributed by atoms with E-state index in [4.69, 9.17) is 0 Å². The number of pyridine rings is 1. The Morgan fingerprint density at radius 2 is 2.32 bits per heavy atom. The van der Waals surface area contributed by atoms with E-state index in [-0.39, 0.29) is 5.91 Å². The average Bonchev–Trinajstić information content (AvgIpc) is 3.19. The van der Waals surface area contributed by atoms with Crippen LogP contribution in [-0.4, -0.2) is 30.0 Å². The molecule has 7 nitrogen and oxygen atoms in total. The van der Waals surface area contributed by atoms with Crippen LogP contribution in [0.1, 0.15) is 28.7 Å². The Balaban J connectivity index is 1.73. The third-order valence-corrected chi connectivity index (χ3v) is 3.79. The van der Waals surface area contributed by atoms with Gasteiger partial charge < -0.3 is 5.32 Å². The second-order valence-electron chi connectivity index (χ2n) is 4.63. The number of aromatic nitrogens is 5. The SMILES string of the molecule is CCCc1nnsc1C(=O)Nc1ccc(-n2ccnc2)nc1. The maximum Gasteiger partial charge on any atom is 0.269 e. The van der Waals surface area contributed by atoms with Gasteiger partial charge in [-0.3, -0.25) is 9.36 Å². The summed E-state index contributed by atoms with van der Waals surface area (Å²) < 4.78 is 5.65. The van der Waals surface area contributed by atoms with Gasteiger partial charge in [-0.05, 0) is 30.1 Å². The van der Waals surface area contributed by atoms with E-state index in [0.717, 1.165) is 35.9 Å². The Hall–Kier alpha value is -2.61. The summed E-state index contributed by atoms with van der Waals surface area (Å²) in [5.74, 6) is 0.539. The molecule has 3 heterocycles. The zero-order valence-electron chi connectivity index (χ0n) is 11.9. The molecule has 112 valence electrons. The number of nitrogens with zero attached hydrogens (tertiary/aromatic N) is 5. The number of anilines is 1. The van der Waals surface area contributed by atoms with E-state index >= 15 is 0 Å². The first-order valence-electron chi connectivity index (χ1n) is 6.85. The molecule has 1 N–H and O–H groups in total. The Morgan fingerprint density at radius 3 is 3.00 bits per heavy atom. The highest BCUT2D eigenvalue weighted by molar-refractivity contribution is 7.08. The molecular weight excluding hydrogens is 300 g/mol. The molecule has 3 aromatic heterocycles. The van der Waals surface area contributed by atoms with Crippen molar-refractivity contribution in [2.24, 2.45) is 0 Å². The van der Waals surface area contributed by atoms with Crippen molar-refractivity contribution in [2.75, 3.05) is 5.32 Å². The van der Waals surface area contributed by atoms with Crippen molar-refractivity contribution in [3.05, 3.63) is 47.6 Å². The molecule has 0 aliphatic heterocycles. The van der Waals surface area contributed by atoms with Crippen molar-refractivity contribution in [2.45, 2.75) is 19.8 Å². The van der Waals surface area contributed by atoms with Gasteiger partial charge in [-0.1, -0.05) is 17.8 Å². The van der Waals surface area contributed by atoms with Gasteiger partial charge >= 0.3 is 0 Å². The molecule has 0 bridgehead atoms. The number of amides is 1. The van der Waals surface area contributed by atoms with E-state index in [2.05, 4.69) is 24.9 Å². The Kier molecular flexibility index (Phi) is 4.19. The maximum atomic E-state index is 12.3. The van der Waals surface area contributed by atoms with Gasteiger partial charge in [-0.25, -0.2) is 9.97 Å². The Morgan fingerprint density at radius 1 is 1.41 bits per heavy atom. The molecule has 0 aromatic carbocycles. The lowest BCUT2D eigenvalue weighted by Gasteiger charge is -2.05. The number of nitrogens with one attached hydrogen (secondary N) is 1. The van der Waals surface area contributed by atoms with Crippen molar-refractivity contribution in [3.8, 4) is 5.82 Å². The molecule has 0 aliphatic rings. The molecule has 0 atom stereocenters. The molecule has 22 heavy (non-hydrogen) atoms. The molecule has 0 radical (unpaired) electrons. The van der Waals surface area contributed by atoms with E-state index in [1.54, 1.807) is 35.6 Å². The van der Waals surface area contributed by atoms with E-state index in [9.17, 15) is 4.79 Å². The van der Waals surface area contributed by atoms with Crippen LogP contribution < -0.4 is 5.32 Å². The highest BCUT2D eigenvalue weighted by Crippen LogP contribution is 2.16. The van der Waals surface area contributed by atoms with E-state index in [1.807, 2.05) is 13.0 Å². The van der Waals surface area contributed by atoms with Crippen LogP contribution in [-0.2, 0) is 6.42 Å². The highest BCUT2D eigenvalue weighted by atomic mass is 32.1. The molecule has 3 aromatic rings. The van der Waals surface area contributed by atoms with Crippen molar-refractivity contribution in [3.63, 3.8) is 0 Å². The molecule has 0 spiro atoms. The third kappa shape index (κ3) is 3.01. The Bertz CT molecular complexity index is 750. The lowest BCUT2D eigenvalue weighted by Crippen LogP contribution is -2.13. The molecular formula is C14H14N6OS. The van der Waals surface area contributed by atoms with E-state index in [0.29, 0.717) is 10.6 Å². The van der Waals surface area contributed by atoms with Crippen LogP contribution in [0.5, 0.6) is 0 Å². The highest BCUT2D eigenvalue weighted by Gasteiger charge is 2.15. The molecule has 0 aliphatic carbocycles. The van der Waals surface area contributed by atoms with Crippen LogP contribution in [0.2, 0.25) is 0 Å². The number of rotatable bonds is 5. The van der Waals surface area contributed by atoms with Gasteiger partial charge in [0.25, 0.3) is 5.91 Å². The molecule has 0 saturated carbocycles. The zero-order valence-corrected chi connectivity index (χ0v) is 12.7. The summed E-state index contributed by atoms with van der Waals surface area (Å²) in [5, 5.41) is 6.82. The molecule has 3 rings (SSSR count). The minimum Gasteiger partial charge on any atom is -0.320 e. The van der Waals surface area contributed by atoms with Crippen molar-refractivity contribution in [1.82, 2.24) is 24.1 Å². The lowest BCUT2D eigenvalue weighted by atomic mass is 10.2. The van der Waals surface area contributed by atoms with Gasteiger partial charge in [-0.15, -0.1) is 5.10 Å². The summed E-state index contributed by atoms with van der Waals surface area (Å²) in [7, 11) is 0. The standard InChI is InChI=1S/C14H14N6OS/c1-2-3-11-13(22-19-18-11)14(21)17-10-4-5-12(16-8-10)20-7-6-15-9-20/h4-9H,2-3H2,1H3,(H,17,21). The molecule has 0 unspecified atom stereocenters. The van der Waals surface area contributed by atoms with Crippen LogP contribution in [0.15, 0.2) is 37.1 Å². The smallest absolute Gasteiger partial charge is 0.269 e. The summed E-state index contributed by atoms with van der Waals surface area (Å²) >= 11 is 1.11. The molecule has 1 amide bonds. The lowest BCUT2D eigenvalue weighted by molar-refractivity contribution is 0.102. The third-order valence-electron chi connectivity index (χ3n) is 3.02. The maximum absolute atomic E-state index is 12.3. The van der Waals surface area contributed by atoms with E-state index in [1.165, 1.54) is 0 Å². The van der Waals surface area contributed by atoms with Crippen LogP contribution in [0, 0.1) is 0 Å².